The van der Waals surface area contributed by atoms with E-state index in [0.717, 1.165) is 128 Å². The van der Waals surface area contributed by atoms with E-state index in [1.54, 1.807) is 0 Å². The predicted octanol–water partition coefficient (Wildman–Crippen LogP) is 21.4. The Hall–Kier alpha value is -3.53. The molecule has 0 aromatic carbocycles. The Balaban J connectivity index is 4.39. The van der Waals surface area contributed by atoms with Gasteiger partial charge in [-0.25, -0.2) is 9.13 Å². The molecule has 0 heterocycles. The molecule has 4 N–H and O–H groups in total. The maximum absolute atomic E-state index is 12.9. The molecule has 0 fully saturated rings. The molecule has 5 unspecified atom stereocenters. The molecule has 0 rings (SSSR count). The summed E-state index contributed by atoms with van der Waals surface area (Å²) in [5, 5.41) is 20.6. The highest BCUT2D eigenvalue weighted by Gasteiger charge is 2.29. The van der Waals surface area contributed by atoms with Crippen molar-refractivity contribution in [1.82, 2.24) is 0 Å². The summed E-state index contributed by atoms with van der Waals surface area (Å²) in [4.78, 5) is 58.4. The van der Waals surface area contributed by atoms with Gasteiger partial charge in [-0.15, -0.1) is 0 Å². The second-order valence-electron chi connectivity index (χ2n) is 25.0. The molecule has 0 aromatic heterocycles. The first-order chi connectivity index (χ1) is 46.2. The number of phosphoric acid groups is 2. The van der Waals surface area contributed by atoms with E-state index < -0.39 is 91.5 Å². The molecule has 0 aliphatic carbocycles. The first-order valence-corrected chi connectivity index (χ1v) is 40.5. The molecule has 0 aromatic rings. The zero-order valence-corrected chi connectivity index (χ0v) is 61.6. The van der Waals surface area contributed by atoms with Crippen LogP contribution in [0, 0.1) is 0 Å². The molecule has 0 amide bonds. The Kier molecular flexibility index (Phi) is 67.7. The molecule has 0 saturated carbocycles. The van der Waals surface area contributed by atoms with E-state index in [1.165, 1.54) is 128 Å². The monoisotopic (exact) mass is 1380 g/mol. The fourth-order valence-electron chi connectivity index (χ4n) is 10.1. The van der Waals surface area contributed by atoms with Crippen molar-refractivity contribution < 1.29 is 75.8 Å². The van der Waals surface area contributed by atoms with Crippen LogP contribution in [0.1, 0.15) is 316 Å². The summed E-state index contributed by atoms with van der Waals surface area (Å²) >= 11 is 0. The summed E-state index contributed by atoms with van der Waals surface area (Å²) in [7, 11) is -9.77. The molecular formula is C77H136O16P2. The van der Waals surface area contributed by atoms with Crippen molar-refractivity contribution in [2.45, 2.75) is 334 Å². The average Bonchev–Trinajstić information content (AvgIpc) is 1.75. The molecular weight excluding hydrogens is 1240 g/mol. The Morgan fingerprint density at radius 2 is 0.558 bits per heavy atom. The minimum Gasteiger partial charge on any atom is -0.463 e. The van der Waals surface area contributed by atoms with Crippen LogP contribution in [0.15, 0.2) is 97.2 Å². The molecule has 95 heavy (non-hydrogen) atoms. The number of rotatable bonds is 71. The molecule has 0 aliphatic rings. The van der Waals surface area contributed by atoms with Crippen LogP contribution in [0.4, 0.5) is 0 Å². The number of esters is 3. The highest BCUT2D eigenvalue weighted by molar-refractivity contribution is 7.47. The van der Waals surface area contributed by atoms with Crippen LogP contribution in [-0.2, 0) is 55.8 Å². The molecule has 5 atom stereocenters. The van der Waals surface area contributed by atoms with E-state index in [-0.39, 0.29) is 19.3 Å². The number of allylic oxidation sites excluding steroid dienone is 16. The van der Waals surface area contributed by atoms with Gasteiger partial charge in [0.25, 0.3) is 0 Å². The first-order valence-electron chi connectivity index (χ1n) is 37.5. The van der Waals surface area contributed by atoms with Crippen LogP contribution >= 0.6 is 15.6 Å². The second-order valence-corrected chi connectivity index (χ2v) is 28.0. The number of ether oxygens (including phenoxy) is 3. The summed E-state index contributed by atoms with van der Waals surface area (Å²) < 4.78 is 61.0. The van der Waals surface area contributed by atoms with Gasteiger partial charge in [0.05, 0.1) is 26.4 Å². The summed E-state index contributed by atoms with van der Waals surface area (Å²) in [5.41, 5.74) is 0. The van der Waals surface area contributed by atoms with Crippen LogP contribution in [0.5, 0.6) is 0 Å². The van der Waals surface area contributed by atoms with Crippen LogP contribution in [-0.4, -0.2) is 95.9 Å². The van der Waals surface area contributed by atoms with Gasteiger partial charge in [0.2, 0.25) is 0 Å². The Morgan fingerprint density at radius 3 is 0.884 bits per heavy atom. The number of hydrogen-bond donors (Lipinski definition) is 4. The third-order valence-electron chi connectivity index (χ3n) is 15.8. The molecule has 550 valence electrons. The lowest BCUT2D eigenvalue weighted by atomic mass is 10.0. The van der Waals surface area contributed by atoms with Gasteiger partial charge in [-0.1, -0.05) is 298 Å². The van der Waals surface area contributed by atoms with Gasteiger partial charge in [-0.05, 0) is 96.3 Å². The van der Waals surface area contributed by atoms with Crippen molar-refractivity contribution in [2.75, 3.05) is 39.6 Å². The zero-order valence-electron chi connectivity index (χ0n) is 59.8. The van der Waals surface area contributed by atoms with Gasteiger partial charge in [-0.3, -0.25) is 32.5 Å². The van der Waals surface area contributed by atoms with Crippen LogP contribution in [0.25, 0.3) is 0 Å². The quantitative estimate of drug-likeness (QED) is 0.0146. The zero-order chi connectivity index (χ0) is 69.5. The molecule has 0 saturated heterocycles. The second kappa shape index (κ2) is 70.3. The van der Waals surface area contributed by atoms with E-state index in [0.29, 0.717) is 19.3 Å². The van der Waals surface area contributed by atoms with Crippen molar-refractivity contribution in [3.8, 4) is 0 Å². The van der Waals surface area contributed by atoms with E-state index >= 15 is 0 Å². The number of carbonyl (C=O) groups is 3. The van der Waals surface area contributed by atoms with Gasteiger partial charge in [-0.2, -0.15) is 0 Å². The van der Waals surface area contributed by atoms with Crippen molar-refractivity contribution in [3.63, 3.8) is 0 Å². The third-order valence-corrected chi connectivity index (χ3v) is 17.7. The third kappa shape index (κ3) is 71.6. The van der Waals surface area contributed by atoms with E-state index in [2.05, 4.69) is 118 Å². The lowest BCUT2D eigenvalue weighted by Gasteiger charge is -2.21. The smallest absolute Gasteiger partial charge is 0.463 e. The summed E-state index contributed by atoms with van der Waals surface area (Å²) in [6.45, 7) is 2.45. The molecule has 0 aliphatic heterocycles. The van der Waals surface area contributed by atoms with Gasteiger partial charge in [0, 0.05) is 19.3 Å². The Bertz CT molecular complexity index is 2120. The van der Waals surface area contributed by atoms with Crippen molar-refractivity contribution >= 4 is 33.6 Å². The Morgan fingerprint density at radius 1 is 0.305 bits per heavy atom. The summed E-state index contributed by atoms with van der Waals surface area (Å²) in [6.07, 6.45) is 79.0. The fraction of sp³-hybridized carbons (Fsp3) is 0.753. The standard InChI is InChI=1S/C77H136O16P2/c1-4-7-10-13-16-19-22-25-27-28-29-30-31-32-33-34-35-36-37-38-39-40-41-42-44-47-48-51-54-57-60-63-75(80)87-66-72(78)67-89-94(83,84)90-68-73(79)69-91-95(85,86)92-71-74(93-77(82)65-62-59-56-53-50-45-24-21-18-15-12-9-6-3)70-88-76(81)64-61-58-55-52-49-46-43-26-23-20-17-14-11-8-5-2/h7-8,10-11,16-17,19-20,25-27,29-30,32-33,43,72-74,78-79H,4-6,9,12-15,18,21-24,28,31,34-42,44-71H2,1-3H3,(H,83,84)(H,85,86)/b10-7-,11-8-,19-16-,20-17-,27-25-,30-29-,33-32-,43-26-. The molecule has 0 bridgehead atoms. The van der Waals surface area contributed by atoms with E-state index in [4.69, 9.17) is 32.3 Å². The summed E-state index contributed by atoms with van der Waals surface area (Å²) in [6, 6.07) is 0. The number of hydrogen-bond acceptors (Lipinski definition) is 14. The highest BCUT2D eigenvalue weighted by Crippen LogP contribution is 2.45. The first kappa shape index (κ1) is 91.5. The van der Waals surface area contributed by atoms with Crippen molar-refractivity contribution in [3.05, 3.63) is 97.2 Å². The molecule has 0 spiro atoms. The summed E-state index contributed by atoms with van der Waals surface area (Å²) in [5.74, 6) is -1.58. The van der Waals surface area contributed by atoms with Gasteiger partial charge in [0.1, 0.15) is 25.4 Å². The van der Waals surface area contributed by atoms with E-state index in [9.17, 15) is 43.5 Å². The van der Waals surface area contributed by atoms with Crippen molar-refractivity contribution in [1.29, 1.82) is 0 Å². The van der Waals surface area contributed by atoms with Gasteiger partial charge in [0.15, 0.2) is 6.10 Å². The van der Waals surface area contributed by atoms with E-state index in [1.807, 2.05) is 0 Å². The molecule has 18 heteroatoms. The maximum atomic E-state index is 12.9. The largest absolute Gasteiger partial charge is 0.472 e. The lowest BCUT2D eigenvalue weighted by molar-refractivity contribution is -0.161. The number of carbonyl (C=O) groups excluding carboxylic acids is 3. The predicted molar refractivity (Wildman–Crippen MR) is 390 cm³/mol. The fourth-order valence-corrected chi connectivity index (χ4v) is 11.7. The normalized spacial score (nSPS) is 14.6. The number of aliphatic hydroxyl groups is 2. The average molecular weight is 1380 g/mol. The van der Waals surface area contributed by atoms with Crippen LogP contribution in [0.3, 0.4) is 0 Å². The van der Waals surface area contributed by atoms with Gasteiger partial charge >= 0.3 is 33.6 Å². The number of aliphatic hydroxyl groups excluding tert-OH is 2. The lowest BCUT2D eigenvalue weighted by Crippen LogP contribution is -2.30. The van der Waals surface area contributed by atoms with Crippen LogP contribution < -0.4 is 0 Å². The number of unbranched alkanes of at least 4 members (excludes halogenated alkanes) is 32. The minimum atomic E-state index is -4.92. The van der Waals surface area contributed by atoms with Crippen LogP contribution in [0.2, 0.25) is 0 Å². The van der Waals surface area contributed by atoms with Crippen molar-refractivity contribution in [2.24, 2.45) is 0 Å². The molecule has 0 radical (unpaired) electrons. The SMILES string of the molecule is CC/C=C\C/C=C\C/C=C\C/C=C\C/C=C\CCCCCCCCCCCCCCCCCC(=O)OCC(O)COP(=O)(O)OCC(O)COP(=O)(O)OCC(COC(=O)CCCCCCC/C=C\C/C=C\C/C=C\CC)OC(=O)CCCCCCCCCCCCCCC. The maximum Gasteiger partial charge on any atom is 0.472 e. The highest BCUT2D eigenvalue weighted by atomic mass is 31.2. The Labute approximate surface area is 578 Å². The topological polar surface area (TPSA) is 231 Å². The number of phosphoric ester groups is 2. The van der Waals surface area contributed by atoms with Gasteiger partial charge < -0.3 is 34.2 Å². The minimum absolute atomic E-state index is 0.105. The molecule has 16 nitrogen and oxygen atoms in total.